The first-order valence-corrected chi connectivity index (χ1v) is 8.33. The van der Waals surface area contributed by atoms with Gasteiger partial charge in [-0.3, -0.25) is 9.82 Å². The Labute approximate surface area is 115 Å². The van der Waals surface area contributed by atoms with Crippen molar-refractivity contribution in [2.75, 3.05) is 4.72 Å². The highest BCUT2D eigenvalue weighted by molar-refractivity contribution is 7.93. The summed E-state index contributed by atoms with van der Waals surface area (Å²) in [6.45, 7) is 3.35. The number of hydrogen-bond acceptors (Lipinski definition) is 5. The van der Waals surface area contributed by atoms with Gasteiger partial charge in [0.05, 0.1) is 17.1 Å². The highest BCUT2D eigenvalue weighted by Crippen LogP contribution is 2.41. The molecule has 0 aliphatic heterocycles. The number of nitrogens with zero attached hydrogens (tertiary/aromatic N) is 2. The summed E-state index contributed by atoms with van der Waals surface area (Å²) >= 11 is 1.32. The van der Waals surface area contributed by atoms with Gasteiger partial charge in [-0.15, -0.1) is 11.3 Å². The second kappa shape index (κ2) is 4.31. The Balaban J connectivity index is 1.88. The number of aromatic nitrogens is 3. The first-order valence-electron chi connectivity index (χ1n) is 5.97. The lowest BCUT2D eigenvalue weighted by Crippen LogP contribution is -2.14. The number of thiazole rings is 1. The van der Waals surface area contributed by atoms with Gasteiger partial charge in [0.25, 0.3) is 10.0 Å². The van der Waals surface area contributed by atoms with Crippen molar-refractivity contribution in [3.8, 4) is 0 Å². The van der Waals surface area contributed by atoms with Crippen molar-refractivity contribution in [2.45, 2.75) is 37.5 Å². The molecular formula is C11H14N4O2S2. The van der Waals surface area contributed by atoms with E-state index in [0.29, 0.717) is 22.4 Å². The molecule has 2 aromatic rings. The van der Waals surface area contributed by atoms with Crippen LogP contribution in [-0.4, -0.2) is 23.6 Å². The molecule has 102 valence electrons. The van der Waals surface area contributed by atoms with E-state index in [1.54, 1.807) is 13.8 Å². The van der Waals surface area contributed by atoms with E-state index < -0.39 is 10.0 Å². The summed E-state index contributed by atoms with van der Waals surface area (Å²) < 4.78 is 27.1. The second-order valence-electron chi connectivity index (χ2n) is 4.72. The molecule has 2 N–H and O–H groups in total. The topological polar surface area (TPSA) is 87.7 Å². The molecule has 2 aromatic heterocycles. The zero-order chi connectivity index (χ0) is 13.6. The third-order valence-corrected chi connectivity index (χ3v) is 5.57. The summed E-state index contributed by atoms with van der Waals surface area (Å²) in [5, 5.41) is 8.92. The van der Waals surface area contributed by atoms with Crippen LogP contribution in [0.3, 0.4) is 0 Å². The number of H-pyrrole nitrogens is 1. The van der Waals surface area contributed by atoms with Crippen LogP contribution in [0.25, 0.3) is 0 Å². The van der Waals surface area contributed by atoms with Gasteiger partial charge in [0.2, 0.25) is 0 Å². The second-order valence-corrected chi connectivity index (χ2v) is 7.20. The molecule has 2 heterocycles. The zero-order valence-corrected chi connectivity index (χ0v) is 12.2. The molecule has 0 spiro atoms. The molecule has 0 bridgehead atoms. The van der Waals surface area contributed by atoms with E-state index in [0.717, 1.165) is 18.5 Å². The minimum absolute atomic E-state index is 0.204. The van der Waals surface area contributed by atoms with E-state index in [9.17, 15) is 8.42 Å². The number of anilines is 1. The van der Waals surface area contributed by atoms with E-state index in [1.165, 1.54) is 11.3 Å². The van der Waals surface area contributed by atoms with Gasteiger partial charge in [-0.25, -0.2) is 13.4 Å². The van der Waals surface area contributed by atoms with Crippen molar-refractivity contribution < 1.29 is 8.42 Å². The van der Waals surface area contributed by atoms with Crippen molar-refractivity contribution >= 4 is 26.5 Å². The quantitative estimate of drug-likeness (QED) is 0.905. The maximum Gasteiger partial charge on any atom is 0.267 e. The SMILES string of the molecule is Cc1n[nH]c(C)c1S(=O)(=O)Nc1nc(C2CC2)cs1. The molecule has 1 aliphatic carbocycles. The first-order chi connectivity index (χ1) is 8.97. The fraction of sp³-hybridized carbons (Fsp3) is 0.455. The Morgan fingerprint density at radius 1 is 1.42 bits per heavy atom. The molecule has 0 unspecified atom stereocenters. The number of nitrogens with one attached hydrogen (secondary N) is 2. The number of rotatable bonds is 4. The first kappa shape index (κ1) is 12.6. The Bertz CT molecular complexity index is 693. The predicted octanol–water partition coefficient (Wildman–Crippen LogP) is 2.16. The monoisotopic (exact) mass is 298 g/mol. The Morgan fingerprint density at radius 2 is 2.16 bits per heavy atom. The maximum absolute atomic E-state index is 12.3. The lowest BCUT2D eigenvalue weighted by molar-refractivity contribution is 0.600. The molecule has 0 radical (unpaired) electrons. The van der Waals surface area contributed by atoms with E-state index in [-0.39, 0.29) is 4.90 Å². The lowest BCUT2D eigenvalue weighted by atomic mass is 10.3. The smallest absolute Gasteiger partial charge is 0.267 e. The van der Waals surface area contributed by atoms with Crippen LogP contribution < -0.4 is 4.72 Å². The molecule has 0 aromatic carbocycles. The van der Waals surface area contributed by atoms with Crippen molar-refractivity contribution in [2.24, 2.45) is 0 Å². The summed E-state index contributed by atoms with van der Waals surface area (Å²) in [7, 11) is -3.62. The summed E-state index contributed by atoms with van der Waals surface area (Å²) in [4.78, 5) is 4.53. The van der Waals surface area contributed by atoms with Crippen LogP contribution in [0.4, 0.5) is 5.13 Å². The van der Waals surface area contributed by atoms with Crippen LogP contribution in [-0.2, 0) is 10.0 Å². The van der Waals surface area contributed by atoms with Gasteiger partial charge in [-0.05, 0) is 26.7 Å². The molecule has 0 atom stereocenters. The van der Waals surface area contributed by atoms with Gasteiger partial charge < -0.3 is 0 Å². The average molecular weight is 298 g/mol. The van der Waals surface area contributed by atoms with Gasteiger partial charge in [-0.2, -0.15) is 5.10 Å². The van der Waals surface area contributed by atoms with Gasteiger partial charge in [0, 0.05) is 11.3 Å². The Morgan fingerprint density at radius 3 is 2.74 bits per heavy atom. The van der Waals surface area contributed by atoms with Gasteiger partial charge in [0.15, 0.2) is 5.13 Å². The standard InChI is InChI=1S/C11H14N4O2S2/c1-6-10(7(2)14-13-6)19(16,17)15-11-12-9(5-18-11)8-3-4-8/h5,8H,3-4H2,1-2H3,(H,12,15)(H,13,14). The normalized spacial score (nSPS) is 15.7. The lowest BCUT2D eigenvalue weighted by Gasteiger charge is -2.04. The molecule has 1 aliphatic rings. The molecule has 0 amide bonds. The van der Waals surface area contributed by atoms with Crippen LogP contribution in [0.2, 0.25) is 0 Å². The summed E-state index contributed by atoms with van der Waals surface area (Å²) in [6, 6.07) is 0. The fourth-order valence-electron chi connectivity index (χ4n) is 2.00. The third-order valence-electron chi connectivity index (χ3n) is 3.07. The molecule has 19 heavy (non-hydrogen) atoms. The highest BCUT2D eigenvalue weighted by atomic mass is 32.2. The molecule has 8 heteroatoms. The molecule has 1 saturated carbocycles. The minimum atomic E-state index is -3.62. The number of aryl methyl sites for hydroxylation is 2. The molecule has 1 fully saturated rings. The third kappa shape index (κ3) is 2.37. The minimum Gasteiger partial charge on any atom is -0.281 e. The van der Waals surface area contributed by atoms with Gasteiger partial charge >= 0.3 is 0 Å². The largest absolute Gasteiger partial charge is 0.281 e. The Kier molecular flexibility index (Phi) is 2.86. The van der Waals surface area contributed by atoms with E-state index >= 15 is 0 Å². The van der Waals surface area contributed by atoms with Crippen LogP contribution in [0.1, 0.15) is 35.8 Å². The van der Waals surface area contributed by atoms with Gasteiger partial charge in [0.1, 0.15) is 4.90 Å². The van der Waals surface area contributed by atoms with E-state index in [1.807, 2.05) is 5.38 Å². The van der Waals surface area contributed by atoms with Crippen LogP contribution in [0.5, 0.6) is 0 Å². The van der Waals surface area contributed by atoms with Gasteiger partial charge in [-0.1, -0.05) is 0 Å². The maximum atomic E-state index is 12.3. The Hall–Kier alpha value is -1.41. The number of hydrogen-bond donors (Lipinski definition) is 2. The summed E-state index contributed by atoms with van der Waals surface area (Å²) in [5.41, 5.74) is 1.98. The molecular weight excluding hydrogens is 284 g/mol. The van der Waals surface area contributed by atoms with Crippen LogP contribution >= 0.6 is 11.3 Å². The highest BCUT2D eigenvalue weighted by Gasteiger charge is 2.28. The summed E-state index contributed by atoms with van der Waals surface area (Å²) in [6.07, 6.45) is 2.30. The number of aromatic amines is 1. The predicted molar refractivity (Wildman–Crippen MR) is 73.0 cm³/mol. The zero-order valence-electron chi connectivity index (χ0n) is 10.6. The summed E-state index contributed by atoms with van der Waals surface area (Å²) in [5.74, 6) is 0.520. The fourth-order valence-corrected chi connectivity index (χ4v) is 4.42. The van der Waals surface area contributed by atoms with Crippen molar-refractivity contribution in [1.82, 2.24) is 15.2 Å². The van der Waals surface area contributed by atoms with Crippen molar-refractivity contribution in [3.05, 3.63) is 22.5 Å². The molecule has 6 nitrogen and oxygen atoms in total. The average Bonchev–Trinajstić information content (AvgIpc) is 2.98. The van der Waals surface area contributed by atoms with Crippen molar-refractivity contribution in [1.29, 1.82) is 0 Å². The van der Waals surface area contributed by atoms with E-state index in [2.05, 4.69) is 19.9 Å². The van der Waals surface area contributed by atoms with Crippen LogP contribution in [0, 0.1) is 13.8 Å². The molecule has 3 rings (SSSR count). The van der Waals surface area contributed by atoms with Crippen molar-refractivity contribution in [3.63, 3.8) is 0 Å². The van der Waals surface area contributed by atoms with Crippen LogP contribution in [0.15, 0.2) is 10.3 Å². The van der Waals surface area contributed by atoms with E-state index in [4.69, 9.17) is 0 Å². The molecule has 0 saturated heterocycles. The number of sulfonamides is 1.